The number of hydrogen-bond acceptors (Lipinski definition) is 6. The van der Waals surface area contributed by atoms with Crippen molar-refractivity contribution in [1.29, 1.82) is 0 Å². The number of rotatable bonds is 8. The lowest BCUT2D eigenvalue weighted by Crippen LogP contribution is -2.54. The molecule has 1 amide bonds. The van der Waals surface area contributed by atoms with Gasteiger partial charge in [-0.15, -0.1) is 0 Å². The van der Waals surface area contributed by atoms with E-state index in [9.17, 15) is 9.59 Å². The van der Waals surface area contributed by atoms with E-state index < -0.39 is 11.5 Å². The second-order valence-electron chi connectivity index (χ2n) is 7.27. The molecule has 7 nitrogen and oxygen atoms in total. The van der Waals surface area contributed by atoms with Crippen LogP contribution in [0, 0.1) is 0 Å². The maximum absolute atomic E-state index is 12.8. The van der Waals surface area contributed by atoms with Crippen molar-refractivity contribution in [3.05, 3.63) is 48.5 Å². The van der Waals surface area contributed by atoms with E-state index in [1.807, 2.05) is 38.1 Å². The molecule has 2 aromatic rings. The molecule has 0 saturated carbocycles. The summed E-state index contributed by atoms with van der Waals surface area (Å²) in [5.41, 5.74) is 1.07. The van der Waals surface area contributed by atoms with Crippen molar-refractivity contribution in [3.63, 3.8) is 0 Å². The van der Waals surface area contributed by atoms with Crippen LogP contribution in [0.1, 0.15) is 20.3 Å². The SMILES string of the molecule is COc1cccc(OCC(=O)OCCCN2C(=O)C(C)(C)Nc3ccccc32)c1. The van der Waals surface area contributed by atoms with E-state index in [0.29, 0.717) is 24.5 Å². The molecule has 0 bridgehead atoms. The van der Waals surface area contributed by atoms with Gasteiger partial charge in [0.05, 0.1) is 25.1 Å². The van der Waals surface area contributed by atoms with E-state index in [4.69, 9.17) is 14.2 Å². The van der Waals surface area contributed by atoms with Crippen molar-refractivity contribution >= 4 is 23.3 Å². The normalized spacial score (nSPS) is 14.6. The smallest absolute Gasteiger partial charge is 0.344 e. The van der Waals surface area contributed by atoms with Gasteiger partial charge in [-0.05, 0) is 44.5 Å². The van der Waals surface area contributed by atoms with E-state index in [0.717, 1.165) is 11.4 Å². The first-order valence-electron chi connectivity index (χ1n) is 9.52. The van der Waals surface area contributed by atoms with E-state index in [-0.39, 0.29) is 19.1 Å². The molecule has 7 heteroatoms. The second kappa shape index (κ2) is 8.86. The molecular weight excluding hydrogens is 372 g/mol. The Hall–Kier alpha value is -3.22. The van der Waals surface area contributed by atoms with Crippen LogP contribution in [0.15, 0.2) is 48.5 Å². The molecule has 0 saturated heterocycles. The average Bonchev–Trinajstić information content (AvgIpc) is 2.72. The van der Waals surface area contributed by atoms with Crippen molar-refractivity contribution in [2.75, 3.05) is 37.1 Å². The van der Waals surface area contributed by atoms with Crippen LogP contribution in [0.3, 0.4) is 0 Å². The number of hydrogen-bond donors (Lipinski definition) is 1. The van der Waals surface area contributed by atoms with E-state index in [1.54, 1.807) is 36.3 Å². The predicted molar refractivity (Wildman–Crippen MR) is 111 cm³/mol. The van der Waals surface area contributed by atoms with Gasteiger partial charge >= 0.3 is 5.97 Å². The Balaban J connectivity index is 1.47. The number of anilines is 2. The first-order valence-corrected chi connectivity index (χ1v) is 9.52. The summed E-state index contributed by atoms with van der Waals surface area (Å²) in [6.45, 7) is 4.20. The predicted octanol–water partition coefficient (Wildman–Crippen LogP) is 3.24. The standard InChI is InChI=1S/C22H26N2O5/c1-22(2)21(26)24(19-11-5-4-10-18(19)23-22)12-7-13-28-20(25)15-29-17-9-6-8-16(14-17)27-3/h4-6,8-11,14,23H,7,12-13,15H2,1-3H3. The lowest BCUT2D eigenvalue weighted by Gasteiger charge is -2.39. The highest BCUT2D eigenvalue weighted by atomic mass is 16.6. The summed E-state index contributed by atoms with van der Waals surface area (Å²) in [4.78, 5) is 26.4. The molecule has 0 spiro atoms. The highest BCUT2D eigenvalue weighted by Gasteiger charge is 2.38. The average molecular weight is 398 g/mol. The number of fused-ring (bicyclic) bond motifs is 1. The third-order valence-electron chi connectivity index (χ3n) is 4.61. The number of esters is 1. The molecule has 29 heavy (non-hydrogen) atoms. The Bertz CT molecular complexity index is 881. The van der Waals surface area contributed by atoms with Gasteiger partial charge in [-0.1, -0.05) is 18.2 Å². The van der Waals surface area contributed by atoms with Gasteiger partial charge in [-0.25, -0.2) is 4.79 Å². The van der Waals surface area contributed by atoms with Crippen LogP contribution in [0.5, 0.6) is 11.5 Å². The van der Waals surface area contributed by atoms with E-state index >= 15 is 0 Å². The van der Waals surface area contributed by atoms with Crippen molar-refractivity contribution in [1.82, 2.24) is 0 Å². The van der Waals surface area contributed by atoms with Gasteiger partial charge < -0.3 is 24.4 Å². The Morgan fingerprint density at radius 3 is 2.66 bits per heavy atom. The quantitative estimate of drug-likeness (QED) is 0.543. The zero-order valence-electron chi connectivity index (χ0n) is 16.9. The van der Waals surface area contributed by atoms with Crippen LogP contribution >= 0.6 is 0 Å². The van der Waals surface area contributed by atoms with Gasteiger partial charge in [0.2, 0.25) is 0 Å². The molecule has 2 aromatic carbocycles. The largest absolute Gasteiger partial charge is 0.497 e. The minimum atomic E-state index is -0.685. The first-order chi connectivity index (χ1) is 13.9. The maximum atomic E-state index is 12.8. The summed E-state index contributed by atoms with van der Waals surface area (Å²) < 4.78 is 15.8. The maximum Gasteiger partial charge on any atom is 0.344 e. The van der Waals surface area contributed by atoms with Gasteiger partial charge in [0.15, 0.2) is 6.61 Å². The molecule has 1 heterocycles. The molecule has 0 aromatic heterocycles. The van der Waals surface area contributed by atoms with Crippen LogP contribution in [0.25, 0.3) is 0 Å². The first kappa shape index (κ1) is 20.5. The van der Waals surface area contributed by atoms with Crippen LogP contribution < -0.4 is 19.7 Å². The van der Waals surface area contributed by atoms with Gasteiger partial charge in [-0.2, -0.15) is 0 Å². The highest BCUT2D eigenvalue weighted by Crippen LogP contribution is 2.34. The fourth-order valence-corrected chi connectivity index (χ4v) is 3.16. The number of amides is 1. The zero-order valence-corrected chi connectivity index (χ0v) is 16.9. The Morgan fingerprint density at radius 1 is 1.10 bits per heavy atom. The minimum Gasteiger partial charge on any atom is -0.497 e. The zero-order chi connectivity index (χ0) is 20.9. The Morgan fingerprint density at radius 2 is 1.86 bits per heavy atom. The molecule has 0 fully saturated rings. The van der Waals surface area contributed by atoms with Crippen molar-refractivity contribution in [3.8, 4) is 11.5 Å². The number of nitrogens with zero attached hydrogens (tertiary/aromatic N) is 1. The van der Waals surface area contributed by atoms with E-state index in [2.05, 4.69) is 5.32 Å². The van der Waals surface area contributed by atoms with Gasteiger partial charge in [0, 0.05) is 12.6 Å². The Labute approximate surface area is 170 Å². The third-order valence-corrected chi connectivity index (χ3v) is 4.61. The second-order valence-corrected chi connectivity index (χ2v) is 7.27. The number of para-hydroxylation sites is 2. The summed E-state index contributed by atoms with van der Waals surface area (Å²) in [5.74, 6) is 0.718. The highest BCUT2D eigenvalue weighted by molar-refractivity contribution is 6.07. The molecule has 1 N–H and O–H groups in total. The van der Waals surface area contributed by atoms with Crippen molar-refractivity contribution in [2.45, 2.75) is 25.8 Å². The molecule has 0 unspecified atom stereocenters. The fourth-order valence-electron chi connectivity index (χ4n) is 3.16. The molecule has 1 aliphatic rings. The number of carbonyl (C=O) groups is 2. The summed E-state index contributed by atoms with van der Waals surface area (Å²) in [6, 6.07) is 14.7. The van der Waals surface area contributed by atoms with Crippen LogP contribution in [0.2, 0.25) is 0 Å². The van der Waals surface area contributed by atoms with Crippen molar-refractivity contribution in [2.24, 2.45) is 0 Å². The molecule has 154 valence electrons. The molecule has 1 aliphatic heterocycles. The summed E-state index contributed by atoms with van der Waals surface area (Å²) in [7, 11) is 1.57. The number of carbonyl (C=O) groups excluding carboxylic acids is 2. The van der Waals surface area contributed by atoms with Gasteiger partial charge in [0.1, 0.15) is 17.0 Å². The van der Waals surface area contributed by atoms with E-state index in [1.165, 1.54) is 0 Å². The fraction of sp³-hybridized carbons (Fsp3) is 0.364. The number of benzene rings is 2. The summed E-state index contributed by atoms with van der Waals surface area (Å²) in [5, 5.41) is 3.26. The lowest BCUT2D eigenvalue weighted by atomic mass is 9.98. The molecular formula is C22H26N2O5. The molecule has 0 atom stereocenters. The number of ether oxygens (including phenoxy) is 3. The summed E-state index contributed by atoms with van der Waals surface area (Å²) in [6.07, 6.45) is 0.529. The van der Waals surface area contributed by atoms with Crippen LogP contribution in [-0.2, 0) is 14.3 Å². The van der Waals surface area contributed by atoms with Gasteiger partial charge in [0.25, 0.3) is 5.91 Å². The molecule has 0 aliphatic carbocycles. The third kappa shape index (κ3) is 4.99. The van der Waals surface area contributed by atoms with Gasteiger partial charge in [-0.3, -0.25) is 4.79 Å². The number of nitrogens with one attached hydrogen (secondary N) is 1. The monoisotopic (exact) mass is 398 g/mol. The molecule has 3 rings (SSSR count). The van der Waals surface area contributed by atoms with Crippen LogP contribution in [0.4, 0.5) is 11.4 Å². The number of methoxy groups -OCH3 is 1. The minimum absolute atomic E-state index is 0.0103. The van der Waals surface area contributed by atoms with Crippen LogP contribution in [-0.4, -0.2) is 44.3 Å². The lowest BCUT2D eigenvalue weighted by molar-refractivity contribution is -0.146. The Kier molecular flexibility index (Phi) is 6.26. The van der Waals surface area contributed by atoms with Crippen molar-refractivity contribution < 1.29 is 23.8 Å². The molecule has 0 radical (unpaired) electrons. The summed E-state index contributed by atoms with van der Waals surface area (Å²) >= 11 is 0. The topological polar surface area (TPSA) is 77.1 Å².